The number of ether oxygens (including phenoxy) is 2. The molecular formula is C12H17NO3. The molecule has 0 aliphatic heterocycles. The monoisotopic (exact) mass is 223 g/mol. The lowest BCUT2D eigenvalue weighted by Gasteiger charge is -2.07. The molecule has 0 aromatic heterocycles. The minimum atomic E-state index is -0.378. The molecule has 0 fully saturated rings. The maximum Gasteiger partial charge on any atom is 0.343 e. The Morgan fingerprint density at radius 2 is 2.25 bits per heavy atom. The second kappa shape index (κ2) is 6.85. The molecule has 16 heavy (non-hydrogen) atoms. The average molecular weight is 223 g/mol. The summed E-state index contributed by atoms with van der Waals surface area (Å²) in [4.78, 5) is 10.9. The van der Waals surface area contributed by atoms with Crippen molar-refractivity contribution in [2.24, 2.45) is 0 Å². The summed E-state index contributed by atoms with van der Waals surface area (Å²) >= 11 is 0. The number of rotatable bonds is 6. The standard InChI is InChI=1S/C12H17NO3/c1-3-13-8-10-5-4-6-11(7-10)16-9-12(14)15-2/h4-7,13H,3,8-9H2,1-2H3. The van der Waals surface area contributed by atoms with Crippen LogP contribution in [0.2, 0.25) is 0 Å². The van der Waals surface area contributed by atoms with Gasteiger partial charge in [-0.1, -0.05) is 19.1 Å². The van der Waals surface area contributed by atoms with Crippen molar-refractivity contribution >= 4 is 5.97 Å². The Balaban J connectivity index is 2.50. The molecular weight excluding hydrogens is 206 g/mol. The number of nitrogens with one attached hydrogen (secondary N) is 1. The van der Waals surface area contributed by atoms with Crippen molar-refractivity contribution in [3.63, 3.8) is 0 Å². The molecule has 0 amide bonds. The van der Waals surface area contributed by atoms with Crippen molar-refractivity contribution in [2.75, 3.05) is 20.3 Å². The number of hydrogen-bond donors (Lipinski definition) is 1. The molecule has 0 heterocycles. The number of esters is 1. The van der Waals surface area contributed by atoms with E-state index in [9.17, 15) is 4.79 Å². The van der Waals surface area contributed by atoms with Crippen molar-refractivity contribution in [3.05, 3.63) is 29.8 Å². The molecule has 1 rings (SSSR count). The SMILES string of the molecule is CCNCc1cccc(OCC(=O)OC)c1. The van der Waals surface area contributed by atoms with Crippen LogP contribution in [0, 0.1) is 0 Å². The molecule has 0 saturated carbocycles. The van der Waals surface area contributed by atoms with Gasteiger partial charge < -0.3 is 14.8 Å². The molecule has 0 atom stereocenters. The Labute approximate surface area is 95.6 Å². The van der Waals surface area contributed by atoms with Gasteiger partial charge in [-0.15, -0.1) is 0 Å². The third-order valence-corrected chi connectivity index (χ3v) is 2.06. The lowest BCUT2D eigenvalue weighted by Crippen LogP contribution is -2.13. The molecule has 1 aromatic carbocycles. The summed E-state index contributed by atoms with van der Waals surface area (Å²) in [6.07, 6.45) is 0. The van der Waals surface area contributed by atoms with Crippen LogP contribution in [0.3, 0.4) is 0 Å². The van der Waals surface area contributed by atoms with Gasteiger partial charge in [0.25, 0.3) is 0 Å². The van der Waals surface area contributed by atoms with E-state index in [-0.39, 0.29) is 12.6 Å². The summed E-state index contributed by atoms with van der Waals surface area (Å²) in [6, 6.07) is 7.64. The third kappa shape index (κ3) is 4.31. The second-order valence-electron chi connectivity index (χ2n) is 3.29. The minimum Gasteiger partial charge on any atom is -0.482 e. The molecule has 0 aliphatic carbocycles. The highest BCUT2D eigenvalue weighted by molar-refractivity contribution is 5.70. The molecule has 0 aliphatic rings. The van der Waals surface area contributed by atoms with Gasteiger partial charge in [0, 0.05) is 6.54 Å². The Bertz CT molecular complexity index is 339. The number of carbonyl (C=O) groups is 1. The summed E-state index contributed by atoms with van der Waals surface area (Å²) in [6.45, 7) is 3.72. The van der Waals surface area contributed by atoms with E-state index in [4.69, 9.17) is 4.74 Å². The highest BCUT2D eigenvalue weighted by atomic mass is 16.6. The predicted octanol–water partition coefficient (Wildman–Crippen LogP) is 1.35. The molecule has 4 heteroatoms. The summed E-state index contributed by atoms with van der Waals surface area (Å²) < 4.78 is 9.77. The van der Waals surface area contributed by atoms with E-state index < -0.39 is 0 Å². The molecule has 4 nitrogen and oxygen atoms in total. The van der Waals surface area contributed by atoms with Gasteiger partial charge in [0.2, 0.25) is 0 Å². The van der Waals surface area contributed by atoms with Crippen LogP contribution in [0.25, 0.3) is 0 Å². The molecule has 0 radical (unpaired) electrons. The highest BCUT2D eigenvalue weighted by Crippen LogP contribution is 2.13. The quantitative estimate of drug-likeness (QED) is 0.739. The largest absolute Gasteiger partial charge is 0.482 e. The van der Waals surface area contributed by atoms with Crippen molar-refractivity contribution in [3.8, 4) is 5.75 Å². The van der Waals surface area contributed by atoms with Gasteiger partial charge in [-0.3, -0.25) is 0 Å². The number of benzene rings is 1. The van der Waals surface area contributed by atoms with Crippen molar-refractivity contribution in [1.29, 1.82) is 0 Å². The lowest BCUT2D eigenvalue weighted by molar-refractivity contribution is -0.142. The molecule has 88 valence electrons. The topological polar surface area (TPSA) is 47.6 Å². The zero-order chi connectivity index (χ0) is 11.8. The Morgan fingerprint density at radius 1 is 1.44 bits per heavy atom. The van der Waals surface area contributed by atoms with Crippen molar-refractivity contribution < 1.29 is 14.3 Å². The fraction of sp³-hybridized carbons (Fsp3) is 0.417. The van der Waals surface area contributed by atoms with Crippen LogP contribution in [0.4, 0.5) is 0 Å². The summed E-state index contributed by atoms with van der Waals surface area (Å²) in [7, 11) is 1.34. The van der Waals surface area contributed by atoms with Gasteiger partial charge >= 0.3 is 5.97 Å². The molecule has 0 spiro atoms. The van der Waals surface area contributed by atoms with Gasteiger partial charge in [0.15, 0.2) is 6.61 Å². The van der Waals surface area contributed by atoms with E-state index in [2.05, 4.69) is 17.0 Å². The Kier molecular flexibility index (Phi) is 5.36. The van der Waals surface area contributed by atoms with E-state index >= 15 is 0 Å². The molecule has 0 unspecified atom stereocenters. The van der Waals surface area contributed by atoms with Gasteiger partial charge in [0.05, 0.1) is 7.11 Å². The smallest absolute Gasteiger partial charge is 0.343 e. The fourth-order valence-electron chi connectivity index (χ4n) is 1.22. The number of hydrogen-bond acceptors (Lipinski definition) is 4. The first-order valence-corrected chi connectivity index (χ1v) is 5.25. The minimum absolute atomic E-state index is 0.0544. The van der Waals surface area contributed by atoms with Gasteiger partial charge in [-0.2, -0.15) is 0 Å². The summed E-state index contributed by atoms with van der Waals surface area (Å²) in [5.41, 5.74) is 1.13. The molecule has 0 bridgehead atoms. The first-order chi connectivity index (χ1) is 7.76. The number of carbonyl (C=O) groups excluding carboxylic acids is 1. The van der Waals surface area contributed by atoms with E-state index in [1.807, 2.05) is 24.3 Å². The van der Waals surface area contributed by atoms with Gasteiger partial charge in [-0.05, 0) is 24.2 Å². The van der Waals surface area contributed by atoms with Crippen LogP contribution >= 0.6 is 0 Å². The first-order valence-electron chi connectivity index (χ1n) is 5.25. The van der Waals surface area contributed by atoms with Gasteiger partial charge in [-0.25, -0.2) is 4.79 Å². The molecule has 1 N–H and O–H groups in total. The normalized spacial score (nSPS) is 9.88. The van der Waals surface area contributed by atoms with Crippen LogP contribution in [0.1, 0.15) is 12.5 Å². The van der Waals surface area contributed by atoms with Crippen LogP contribution in [0.15, 0.2) is 24.3 Å². The zero-order valence-electron chi connectivity index (χ0n) is 9.66. The van der Waals surface area contributed by atoms with E-state index in [1.54, 1.807) is 0 Å². The molecule has 1 aromatic rings. The van der Waals surface area contributed by atoms with Crippen LogP contribution in [-0.4, -0.2) is 26.2 Å². The van der Waals surface area contributed by atoms with Crippen molar-refractivity contribution in [1.82, 2.24) is 5.32 Å². The average Bonchev–Trinajstić information content (AvgIpc) is 2.34. The third-order valence-electron chi connectivity index (χ3n) is 2.06. The second-order valence-corrected chi connectivity index (χ2v) is 3.29. The van der Waals surface area contributed by atoms with Crippen LogP contribution < -0.4 is 10.1 Å². The Hall–Kier alpha value is -1.55. The van der Waals surface area contributed by atoms with Crippen molar-refractivity contribution in [2.45, 2.75) is 13.5 Å². The van der Waals surface area contributed by atoms with E-state index in [1.165, 1.54) is 7.11 Å². The number of methoxy groups -OCH3 is 1. The first kappa shape index (κ1) is 12.5. The van der Waals surface area contributed by atoms with Crippen LogP contribution in [-0.2, 0) is 16.1 Å². The highest BCUT2D eigenvalue weighted by Gasteiger charge is 2.02. The molecule has 0 saturated heterocycles. The maximum atomic E-state index is 10.9. The summed E-state index contributed by atoms with van der Waals surface area (Å²) in [5.74, 6) is 0.304. The fourth-order valence-corrected chi connectivity index (χ4v) is 1.22. The zero-order valence-corrected chi connectivity index (χ0v) is 9.66. The van der Waals surface area contributed by atoms with E-state index in [0.29, 0.717) is 5.75 Å². The predicted molar refractivity (Wildman–Crippen MR) is 61.3 cm³/mol. The van der Waals surface area contributed by atoms with Gasteiger partial charge in [0.1, 0.15) is 5.75 Å². The van der Waals surface area contributed by atoms with E-state index in [0.717, 1.165) is 18.7 Å². The lowest BCUT2D eigenvalue weighted by atomic mass is 10.2. The maximum absolute atomic E-state index is 10.9. The van der Waals surface area contributed by atoms with Crippen LogP contribution in [0.5, 0.6) is 5.75 Å². The Morgan fingerprint density at radius 3 is 2.94 bits per heavy atom. The summed E-state index contributed by atoms with van der Waals surface area (Å²) in [5, 5.41) is 3.22.